The van der Waals surface area contributed by atoms with Crippen molar-refractivity contribution in [3.63, 3.8) is 0 Å². The molecule has 2 aromatic rings. The number of carbonyl (C=O) groups is 3. The van der Waals surface area contributed by atoms with Crippen LogP contribution < -0.4 is 0 Å². The van der Waals surface area contributed by atoms with Gasteiger partial charge in [-0.1, -0.05) is 52.8 Å². The Morgan fingerprint density at radius 3 is 1.87 bits per heavy atom. The Hall–Kier alpha value is -3.16. The van der Waals surface area contributed by atoms with Crippen molar-refractivity contribution in [3.8, 4) is 0 Å². The fraction of sp³-hybridized carbons (Fsp3) is 0.500. The zero-order valence-electron chi connectivity index (χ0n) is 22.8. The molecule has 0 saturated carbocycles. The van der Waals surface area contributed by atoms with Crippen LogP contribution in [0.4, 0.5) is 13.2 Å². The van der Waals surface area contributed by atoms with Gasteiger partial charge in [0.1, 0.15) is 5.92 Å². The topological polar surface area (TPSA) is 57.7 Å². The van der Waals surface area contributed by atoms with Crippen molar-refractivity contribution in [1.82, 2.24) is 9.80 Å². The first kappa shape index (κ1) is 27.9. The van der Waals surface area contributed by atoms with Gasteiger partial charge in [0.15, 0.2) is 0 Å². The number of hydrogen-bond acceptors (Lipinski definition) is 3. The van der Waals surface area contributed by atoms with Gasteiger partial charge in [-0.2, -0.15) is 13.2 Å². The predicted molar refractivity (Wildman–Crippen MR) is 139 cm³/mol. The number of carbonyl (C=O) groups excluding carboxylic acids is 3. The Balaban J connectivity index is 1.72. The minimum absolute atomic E-state index is 0.000755. The molecule has 0 spiro atoms. The van der Waals surface area contributed by atoms with E-state index in [9.17, 15) is 27.6 Å². The lowest BCUT2D eigenvalue weighted by atomic mass is 9.87. The second kappa shape index (κ2) is 9.54. The van der Waals surface area contributed by atoms with E-state index in [-0.39, 0.29) is 40.1 Å². The number of alkyl halides is 3. The largest absolute Gasteiger partial charge is 0.399 e. The molecule has 0 fully saturated rings. The predicted octanol–water partition coefficient (Wildman–Crippen LogP) is 6.95. The van der Waals surface area contributed by atoms with Crippen molar-refractivity contribution < 1.29 is 27.6 Å². The number of nitrogens with zero attached hydrogens (tertiary/aromatic N) is 2. The van der Waals surface area contributed by atoms with Gasteiger partial charge in [0.05, 0.1) is 11.1 Å². The summed E-state index contributed by atoms with van der Waals surface area (Å²) in [4.78, 5) is 42.2. The Morgan fingerprint density at radius 2 is 1.32 bits per heavy atom. The number of fused-ring (bicyclic) bond motifs is 2. The fourth-order valence-corrected chi connectivity index (χ4v) is 5.40. The van der Waals surface area contributed by atoms with Crippen molar-refractivity contribution in [3.05, 3.63) is 69.8 Å². The molecule has 0 radical (unpaired) electrons. The normalized spacial score (nSPS) is 16.8. The molecule has 2 heterocycles. The van der Waals surface area contributed by atoms with Crippen LogP contribution in [0.3, 0.4) is 0 Å². The SMILES string of the molecule is CCC(C)(C)CN1Cc2cc(C(c3ccc4c(c3)C(=O)N(C(C)(CC)CC)C4=O)C(F)(F)F)ccc2C1=O. The Kier molecular flexibility index (Phi) is 7.00. The maximum Gasteiger partial charge on any atom is 0.399 e. The lowest BCUT2D eigenvalue weighted by molar-refractivity contribution is -0.141. The maximum absolute atomic E-state index is 14.5. The second-order valence-corrected chi connectivity index (χ2v) is 11.5. The fourth-order valence-electron chi connectivity index (χ4n) is 5.40. The van der Waals surface area contributed by atoms with Crippen LogP contribution in [-0.2, 0) is 6.54 Å². The van der Waals surface area contributed by atoms with E-state index in [4.69, 9.17) is 0 Å². The van der Waals surface area contributed by atoms with Crippen LogP contribution in [0.2, 0.25) is 0 Å². The summed E-state index contributed by atoms with van der Waals surface area (Å²) in [6.45, 7) is 12.5. The third kappa shape index (κ3) is 4.63. The van der Waals surface area contributed by atoms with Crippen molar-refractivity contribution in [2.24, 2.45) is 5.41 Å². The van der Waals surface area contributed by atoms with E-state index in [0.717, 1.165) is 6.42 Å². The summed E-state index contributed by atoms with van der Waals surface area (Å²) in [7, 11) is 0. The number of amides is 3. The van der Waals surface area contributed by atoms with Crippen LogP contribution in [0.5, 0.6) is 0 Å². The molecule has 0 aromatic heterocycles. The molecule has 2 aliphatic heterocycles. The number of imide groups is 1. The van der Waals surface area contributed by atoms with Gasteiger partial charge in [-0.3, -0.25) is 19.3 Å². The molecule has 3 amide bonds. The summed E-state index contributed by atoms with van der Waals surface area (Å²) >= 11 is 0. The van der Waals surface area contributed by atoms with Crippen LogP contribution in [-0.4, -0.2) is 45.8 Å². The molecule has 4 rings (SSSR count). The van der Waals surface area contributed by atoms with Gasteiger partial charge >= 0.3 is 6.18 Å². The molecule has 1 atom stereocenters. The zero-order valence-corrected chi connectivity index (χ0v) is 22.8. The molecule has 0 saturated heterocycles. The van der Waals surface area contributed by atoms with E-state index >= 15 is 0 Å². The monoisotopic (exact) mass is 528 g/mol. The van der Waals surface area contributed by atoms with Crippen LogP contribution in [0.25, 0.3) is 0 Å². The minimum atomic E-state index is -4.65. The molecular formula is C30H35F3N2O3. The highest BCUT2D eigenvalue weighted by Crippen LogP contribution is 2.43. The van der Waals surface area contributed by atoms with Crippen LogP contribution in [0.1, 0.15) is 114 Å². The molecule has 8 heteroatoms. The number of rotatable bonds is 8. The highest BCUT2D eigenvalue weighted by molar-refractivity contribution is 6.22. The molecule has 2 aliphatic rings. The minimum Gasteiger partial charge on any atom is -0.334 e. The van der Waals surface area contributed by atoms with Gasteiger partial charge in [-0.15, -0.1) is 0 Å². The van der Waals surface area contributed by atoms with Crippen molar-refractivity contribution in [2.45, 2.75) is 85.0 Å². The first-order valence-corrected chi connectivity index (χ1v) is 13.2. The van der Waals surface area contributed by atoms with Gasteiger partial charge in [0.25, 0.3) is 17.7 Å². The molecule has 0 N–H and O–H groups in total. The van der Waals surface area contributed by atoms with Crippen molar-refractivity contribution >= 4 is 17.7 Å². The number of halogens is 3. The van der Waals surface area contributed by atoms with Gasteiger partial charge in [-0.25, -0.2) is 0 Å². The van der Waals surface area contributed by atoms with Crippen molar-refractivity contribution in [1.29, 1.82) is 0 Å². The zero-order chi connectivity index (χ0) is 28.2. The van der Waals surface area contributed by atoms with E-state index in [1.165, 1.54) is 41.3 Å². The Bertz CT molecular complexity index is 1290. The summed E-state index contributed by atoms with van der Waals surface area (Å²) in [5.41, 5.74) is 0.174. The summed E-state index contributed by atoms with van der Waals surface area (Å²) in [6, 6.07) is 8.12. The van der Waals surface area contributed by atoms with Crippen LogP contribution >= 0.6 is 0 Å². The Morgan fingerprint density at radius 1 is 0.763 bits per heavy atom. The van der Waals surface area contributed by atoms with Gasteiger partial charge in [0, 0.05) is 24.2 Å². The van der Waals surface area contributed by atoms with Crippen LogP contribution in [0, 0.1) is 5.41 Å². The average molecular weight is 529 g/mol. The van der Waals surface area contributed by atoms with Gasteiger partial charge in [-0.05, 0) is 66.5 Å². The lowest BCUT2D eigenvalue weighted by Gasteiger charge is -2.35. The van der Waals surface area contributed by atoms with E-state index in [2.05, 4.69) is 13.8 Å². The second-order valence-electron chi connectivity index (χ2n) is 11.5. The summed E-state index contributed by atoms with van der Waals surface area (Å²) in [6.07, 6.45) is -2.72. The molecule has 0 aliphatic carbocycles. The van der Waals surface area contributed by atoms with Crippen LogP contribution in [0.15, 0.2) is 36.4 Å². The first-order chi connectivity index (χ1) is 17.7. The molecule has 38 heavy (non-hydrogen) atoms. The van der Waals surface area contributed by atoms with E-state index in [1.807, 2.05) is 27.7 Å². The third-order valence-corrected chi connectivity index (χ3v) is 8.55. The maximum atomic E-state index is 14.5. The smallest absolute Gasteiger partial charge is 0.334 e. The molecule has 1 unspecified atom stereocenters. The third-order valence-electron chi connectivity index (χ3n) is 8.55. The summed E-state index contributed by atoms with van der Waals surface area (Å²) in [5.74, 6) is -3.21. The molecule has 204 valence electrons. The standard InChI is InChI=1S/C30H35F3N2O3/c1-7-28(4,5)17-34-16-20-14-18(10-12-21(20)25(34)36)24(30(31,32)33)19-11-13-22-23(15-19)27(38)35(26(22)37)29(6,8-2)9-3/h10-15,24H,7-9,16-17H2,1-6H3. The number of benzene rings is 2. The van der Waals surface area contributed by atoms with E-state index in [1.54, 1.807) is 4.90 Å². The molecule has 5 nitrogen and oxygen atoms in total. The van der Waals surface area contributed by atoms with Gasteiger partial charge in [0.2, 0.25) is 0 Å². The lowest BCUT2D eigenvalue weighted by Crippen LogP contribution is -2.48. The molecule has 0 bridgehead atoms. The van der Waals surface area contributed by atoms with E-state index in [0.29, 0.717) is 30.5 Å². The quantitative estimate of drug-likeness (QED) is 0.349. The summed E-state index contributed by atoms with van der Waals surface area (Å²) < 4.78 is 43.6. The molecular weight excluding hydrogens is 493 g/mol. The van der Waals surface area contributed by atoms with E-state index < -0.39 is 29.4 Å². The van der Waals surface area contributed by atoms with Crippen molar-refractivity contribution in [2.75, 3.05) is 6.54 Å². The Labute approximate surface area is 222 Å². The van der Waals surface area contributed by atoms with Gasteiger partial charge < -0.3 is 4.90 Å². The summed E-state index contributed by atoms with van der Waals surface area (Å²) in [5, 5.41) is 0. The average Bonchev–Trinajstić information content (AvgIpc) is 3.29. The highest BCUT2D eigenvalue weighted by Gasteiger charge is 2.47. The molecule has 2 aromatic carbocycles. The number of hydrogen-bond donors (Lipinski definition) is 0. The first-order valence-electron chi connectivity index (χ1n) is 13.2. The highest BCUT2D eigenvalue weighted by atomic mass is 19.4.